The number of benzene rings is 2. The van der Waals surface area contributed by atoms with Crippen molar-refractivity contribution in [3.63, 3.8) is 0 Å². The molecule has 7 heteroatoms. The Morgan fingerprint density at radius 3 is 2.48 bits per heavy atom. The summed E-state index contributed by atoms with van der Waals surface area (Å²) in [4.78, 5) is 17.5. The topological polar surface area (TPSA) is 56.8 Å². The number of aromatic nitrogens is 4. The summed E-state index contributed by atoms with van der Waals surface area (Å²) in [5.41, 5.74) is 5.74. The van der Waals surface area contributed by atoms with Gasteiger partial charge in [0.05, 0.1) is 34.8 Å². The van der Waals surface area contributed by atoms with Crippen LogP contribution in [0.1, 0.15) is 25.5 Å². The molecule has 3 heterocycles. The second-order valence-corrected chi connectivity index (χ2v) is 8.12. The highest BCUT2D eigenvalue weighted by atomic mass is 19.1. The average Bonchev–Trinajstić information content (AvgIpc) is 3.26. The minimum atomic E-state index is -0.285. The van der Waals surface area contributed by atoms with Crippen LogP contribution >= 0.6 is 0 Å². The molecule has 0 aliphatic carbocycles. The first-order valence-corrected chi connectivity index (χ1v) is 10.8. The number of imidazole rings is 2. The van der Waals surface area contributed by atoms with Gasteiger partial charge < -0.3 is 9.88 Å². The number of nitrogens with zero attached hydrogens (tertiary/aromatic N) is 4. The van der Waals surface area contributed by atoms with Crippen LogP contribution in [-0.4, -0.2) is 31.8 Å². The Hall–Kier alpha value is -3.19. The number of fused-ring (bicyclic) bond motifs is 1. The Bertz CT molecular complexity index is 1340. The van der Waals surface area contributed by atoms with Crippen LogP contribution in [0, 0.1) is 12.7 Å². The molecule has 1 aliphatic heterocycles. The molecule has 1 saturated heterocycles. The largest absolute Gasteiger partial charge is 0.329 e. The molecule has 5 rings (SSSR count). The van der Waals surface area contributed by atoms with Gasteiger partial charge in [0.25, 0.3) is 0 Å². The molecule has 0 atom stereocenters. The van der Waals surface area contributed by atoms with E-state index in [-0.39, 0.29) is 17.5 Å². The number of hydrogen-bond acceptors (Lipinski definition) is 3. The van der Waals surface area contributed by atoms with E-state index in [0.717, 1.165) is 40.9 Å². The van der Waals surface area contributed by atoms with Crippen LogP contribution in [0.2, 0.25) is 0 Å². The summed E-state index contributed by atoms with van der Waals surface area (Å²) >= 11 is 0. The second-order valence-electron chi connectivity index (χ2n) is 8.12. The van der Waals surface area contributed by atoms with E-state index in [9.17, 15) is 9.18 Å². The SMILES string of the molecule is CCn1c(=O)n(CC)c2cc(-c3c(-c4cc(C)ccc4F)ncn3C3CNC3)ccc21. The van der Waals surface area contributed by atoms with Crippen molar-refractivity contribution in [3.8, 4) is 22.5 Å². The molecule has 4 aromatic rings. The normalized spacial score (nSPS) is 14.3. The van der Waals surface area contributed by atoms with E-state index in [2.05, 4.69) is 14.9 Å². The van der Waals surface area contributed by atoms with E-state index in [1.807, 2.05) is 51.4 Å². The molecule has 2 aromatic heterocycles. The van der Waals surface area contributed by atoms with Crippen molar-refractivity contribution in [2.75, 3.05) is 13.1 Å². The predicted octanol–water partition coefficient (Wildman–Crippen LogP) is 3.97. The Labute approximate surface area is 180 Å². The van der Waals surface area contributed by atoms with Crippen molar-refractivity contribution >= 4 is 11.0 Å². The lowest BCUT2D eigenvalue weighted by molar-refractivity contribution is 0.346. The smallest absolute Gasteiger partial charge is 0.324 e. The molecule has 0 amide bonds. The highest BCUT2D eigenvalue weighted by molar-refractivity contribution is 5.86. The molecule has 0 bridgehead atoms. The third-order valence-electron chi connectivity index (χ3n) is 6.25. The van der Waals surface area contributed by atoms with Crippen molar-refractivity contribution < 1.29 is 4.39 Å². The lowest BCUT2D eigenvalue weighted by atomic mass is 10.0. The molecule has 1 aliphatic rings. The molecule has 160 valence electrons. The zero-order valence-corrected chi connectivity index (χ0v) is 18.0. The van der Waals surface area contributed by atoms with Gasteiger partial charge in [-0.25, -0.2) is 14.2 Å². The fourth-order valence-corrected chi connectivity index (χ4v) is 4.49. The lowest BCUT2D eigenvalue weighted by Gasteiger charge is -2.30. The van der Waals surface area contributed by atoms with Crippen LogP contribution in [0.25, 0.3) is 33.5 Å². The van der Waals surface area contributed by atoms with Gasteiger partial charge in [-0.05, 0) is 45.0 Å². The number of halogens is 1. The van der Waals surface area contributed by atoms with Gasteiger partial charge in [-0.15, -0.1) is 0 Å². The van der Waals surface area contributed by atoms with Gasteiger partial charge in [0.1, 0.15) is 5.82 Å². The van der Waals surface area contributed by atoms with Gasteiger partial charge in [0, 0.05) is 37.3 Å². The molecule has 0 spiro atoms. The summed E-state index contributed by atoms with van der Waals surface area (Å²) < 4.78 is 20.5. The van der Waals surface area contributed by atoms with Gasteiger partial charge >= 0.3 is 5.69 Å². The third-order valence-corrected chi connectivity index (χ3v) is 6.25. The zero-order chi connectivity index (χ0) is 21.7. The predicted molar refractivity (Wildman–Crippen MR) is 121 cm³/mol. The zero-order valence-electron chi connectivity index (χ0n) is 18.0. The highest BCUT2D eigenvalue weighted by Gasteiger charge is 2.26. The monoisotopic (exact) mass is 419 g/mol. The minimum Gasteiger partial charge on any atom is -0.324 e. The first-order chi connectivity index (χ1) is 15.0. The maximum absolute atomic E-state index is 14.8. The van der Waals surface area contributed by atoms with Crippen molar-refractivity contribution in [2.24, 2.45) is 0 Å². The fraction of sp³-hybridized carbons (Fsp3) is 0.333. The summed E-state index contributed by atoms with van der Waals surface area (Å²) in [6, 6.07) is 11.4. The summed E-state index contributed by atoms with van der Waals surface area (Å²) in [6.07, 6.45) is 1.81. The van der Waals surface area contributed by atoms with Gasteiger partial charge in [-0.2, -0.15) is 0 Å². The molecule has 6 nitrogen and oxygen atoms in total. The summed E-state index contributed by atoms with van der Waals surface area (Å²) in [5, 5.41) is 3.30. The Morgan fingerprint density at radius 2 is 1.81 bits per heavy atom. The van der Waals surface area contributed by atoms with Crippen LogP contribution in [0.4, 0.5) is 4.39 Å². The molecular weight excluding hydrogens is 393 g/mol. The van der Waals surface area contributed by atoms with E-state index in [0.29, 0.717) is 24.3 Å². The van der Waals surface area contributed by atoms with Crippen LogP contribution in [0.3, 0.4) is 0 Å². The lowest BCUT2D eigenvalue weighted by Crippen LogP contribution is -2.43. The molecule has 31 heavy (non-hydrogen) atoms. The van der Waals surface area contributed by atoms with Crippen molar-refractivity contribution in [1.82, 2.24) is 24.0 Å². The van der Waals surface area contributed by atoms with Crippen LogP contribution in [0.15, 0.2) is 47.5 Å². The maximum Gasteiger partial charge on any atom is 0.329 e. The van der Waals surface area contributed by atoms with Gasteiger partial charge in [-0.1, -0.05) is 17.7 Å². The van der Waals surface area contributed by atoms with E-state index in [4.69, 9.17) is 0 Å². The molecule has 0 saturated carbocycles. The Kier molecular flexibility index (Phi) is 4.78. The molecule has 0 unspecified atom stereocenters. The van der Waals surface area contributed by atoms with Crippen molar-refractivity contribution in [2.45, 2.75) is 39.9 Å². The molecule has 1 fully saturated rings. The van der Waals surface area contributed by atoms with Crippen LogP contribution < -0.4 is 11.0 Å². The quantitative estimate of drug-likeness (QED) is 0.533. The van der Waals surface area contributed by atoms with Gasteiger partial charge in [0.2, 0.25) is 0 Å². The van der Waals surface area contributed by atoms with Crippen LogP contribution in [-0.2, 0) is 13.1 Å². The van der Waals surface area contributed by atoms with E-state index in [1.165, 1.54) is 6.07 Å². The standard InChI is InChI=1S/C24H26FN5O/c1-4-28-20-9-7-16(11-21(20)29(5-2)24(28)31)23-22(18-10-15(3)6-8-19(18)25)27-14-30(23)17-12-26-13-17/h6-11,14,17,26H,4-5,12-13H2,1-3H3. The third kappa shape index (κ3) is 3.03. The Balaban J connectivity index is 1.78. The van der Waals surface area contributed by atoms with Crippen LogP contribution in [0.5, 0.6) is 0 Å². The first kappa shape index (κ1) is 19.8. The fourth-order valence-electron chi connectivity index (χ4n) is 4.49. The van der Waals surface area contributed by atoms with E-state index in [1.54, 1.807) is 15.2 Å². The number of rotatable bonds is 5. The molecule has 0 radical (unpaired) electrons. The summed E-state index contributed by atoms with van der Waals surface area (Å²) in [6.45, 7) is 8.83. The second kappa shape index (κ2) is 7.50. The first-order valence-electron chi connectivity index (χ1n) is 10.8. The molecular formula is C24H26FN5O. The van der Waals surface area contributed by atoms with Crippen molar-refractivity contribution in [1.29, 1.82) is 0 Å². The van der Waals surface area contributed by atoms with E-state index >= 15 is 0 Å². The Morgan fingerprint density at radius 1 is 1.06 bits per heavy atom. The highest BCUT2D eigenvalue weighted by Crippen LogP contribution is 2.36. The van der Waals surface area contributed by atoms with Crippen molar-refractivity contribution in [3.05, 3.63) is 64.6 Å². The summed E-state index contributed by atoms with van der Waals surface area (Å²) in [5.74, 6) is -0.285. The molecule has 2 aromatic carbocycles. The number of hydrogen-bond donors (Lipinski definition) is 1. The molecule has 1 N–H and O–H groups in total. The average molecular weight is 420 g/mol. The van der Waals surface area contributed by atoms with Gasteiger partial charge in [0.15, 0.2) is 0 Å². The number of nitrogens with one attached hydrogen (secondary N) is 1. The number of aryl methyl sites for hydroxylation is 3. The minimum absolute atomic E-state index is 0.00111. The summed E-state index contributed by atoms with van der Waals surface area (Å²) in [7, 11) is 0. The van der Waals surface area contributed by atoms with E-state index < -0.39 is 0 Å². The maximum atomic E-state index is 14.8. The van der Waals surface area contributed by atoms with Gasteiger partial charge in [-0.3, -0.25) is 9.13 Å².